The van der Waals surface area contributed by atoms with E-state index in [9.17, 15) is 24.3 Å². The molecule has 0 aliphatic carbocycles. The maximum absolute atomic E-state index is 14.7. The fourth-order valence-corrected chi connectivity index (χ4v) is 9.43. The van der Waals surface area contributed by atoms with Gasteiger partial charge in [-0.1, -0.05) is 27.7 Å². The standard InChI is InChI=1S/C43H65N5O10/c1-12-33-43(8)37(48(41(53)58-43)19-14-13-18-47-23-31(45-24-47)30-16-15-17-44-22-30)27(4)34(49)25(2)21-42(7,54-11)38(28(5)35(50)29(6)39(52)56-33)57-40-36(51)32(46(9)10)20-26(3)55-40/h15-17,22-29,32-33,36-38,40,51H,12-14,18-21H2,1-11H3/t25-,26-,27+,28+,29-,32+,33-,36+,37-,38-,40+,42-,43-/m1/s1. The number of Topliss-reactive ketones (excluding diaryl/α,β-unsaturated/α-hetero) is 2. The first-order chi connectivity index (χ1) is 27.4. The number of carbonyl (C=O) groups excluding carboxylic acids is 4. The number of aliphatic hydroxyl groups is 1. The maximum atomic E-state index is 14.7. The van der Waals surface area contributed by atoms with Crippen LogP contribution in [0.5, 0.6) is 0 Å². The van der Waals surface area contributed by atoms with E-state index in [1.54, 1.807) is 51.3 Å². The molecule has 5 rings (SSSR count). The van der Waals surface area contributed by atoms with Crippen molar-refractivity contribution in [3.05, 3.63) is 37.1 Å². The minimum absolute atomic E-state index is 0.130. The van der Waals surface area contributed by atoms with E-state index in [1.165, 1.54) is 14.0 Å². The van der Waals surface area contributed by atoms with Crippen LogP contribution in [-0.4, -0.2) is 135 Å². The molecule has 0 unspecified atom stereocenters. The summed E-state index contributed by atoms with van der Waals surface area (Å²) in [5.74, 6) is -4.95. The molecule has 3 aliphatic heterocycles. The van der Waals surface area contributed by atoms with Crippen LogP contribution in [0.3, 0.4) is 0 Å². The number of aryl methyl sites for hydroxylation is 1. The summed E-state index contributed by atoms with van der Waals surface area (Å²) in [5, 5.41) is 11.4. The molecule has 3 fully saturated rings. The molecule has 0 aromatic carbocycles. The van der Waals surface area contributed by atoms with Gasteiger partial charge in [-0.15, -0.1) is 0 Å². The molecular formula is C43H65N5O10. The molecular weight excluding hydrogens is 746 g/mol. The van der Waals surface area contributed by atoms with E-state index < -0.39 is 83.4 Å². The predicted molar refractivity (Wildman–Crippen MR) is 214 cm³/mol. The van der Waals surface area contributed by atoms with Crippen molar-refractivity contribution in [3.63, 3.8) is 0 Å². The second-order valence-electron chi connectivity index (χ2n) is 17.3. The Labute approximate surface area is 343 Å². The molecule has 322 valence electrons. The van der Waals surface area contributed by atoms with Crippen molar-refractivity contribution < 1.29 is 48.0 Å². The number of imidazole rings is 1. The van der Waals surface area contributed by atoms with Crippen molar-refractivity contribution in [1.82, 2.24) is 24.3 Å². The number of amides is 1. The highest BCUT2D eigenvalue weighted by molar-refractivity contribution is 6.00. The lowest BCUT2D eigenvalue weighted by Gasteiger charge is -2.47. The van der Waals surface area contributed by atoms with E-state index >= 15 is 0 Å². The molecule has 3 saturated heterocycles. The molecule has 5 heterocycles. The Morgan fingerprint density at radius 2 is 1.72 bits per heavy atom. The minimum atomic E-state index is -1.40. The number of ketones is 2. The molecule has 3 aliphatic rings. The summed E-state index contributed by atoms with van der Waals surface area (Å²) in [5.41, 5.74) is -0.938. The van der Waals surface area contributed by atoms with Crippen LogP contribution in [0.1, 0.15) is 87.5 Å². The highest BCUT2D eigenvalue weighted by Crippen LogP contribution is 2.43. The summed E-state index contributed by atoms with van der Waals surface area (Å²) in [7, 11) is 5.24. The van der Waals surface area contributed by atoms with E-state index in [4.69, 9.17) is 23.7 Å². The van der Waals surface area contributed by atoms with Gasteiger partial charge in [0.15, 0.2) is 17.7 Å². The number of methoxy groups -OCH3 is 1. The number of hydrogen-bond acceptors (Lipinski definition) is 13. The highest BCUT2D eigenvalue weighted by Gasteiger charge is 2.60. The summed E-state index contributed by atoms with van der Waals surface area (Å²) in [6.07, 6.45) is 4.45. The molecule has 2 aromatic heterocycles. The van der Waals surface area contributed by atoms with Crippen LogP contribution in [0.25, 0.3) is 11.3 Å². The summed E-state index contributed by atoms with van der Waals surface area (Å²) in [6.45, 7) is 14.9. The van der Waals surface area contributed by atoms with Crippen LogP contribution < -0.4 is 0 Å². The molecule has 58 heavy (non-hydrogen) atoms. The summed E-state index contributed by atoms with van der Waals surface area (Å²) in [6, 6.07) is 2.74. The van der Waals surface area contributed by atoms with Crippen molar-refractivity contribution in [1.29, 1.82) is 0 Å². The summed E-state index contributed by atoms with van der Waals surface area (Å²) in [4.78, 5) is 69.0. The van der Waals surface area contributed by atoms with Gasteiger partial charge in [-0.05, 0) is 86.0 Å². The topological polar surface area (TPSA) is 172 Å². The van der Waals surface area contributed by atoms with Crippen molar-refractivity contribution >= 4 is 23.6 Å². The number of fused-ring (bicyclic) bond motifs is 1. The third-order valence-corrected chi connectivity index (χ3v) is 12.8. The van der Waals surface area contributed by atoms with Crippen molar-refractivity contribution in [2.75, 3.05) is 27.7 Å². The molecule has 0 spiro atoms. The number of cyclic esters (lactones) is 1. The SMILES string of the molecule is CC[C@H]1OC(=O)[C@H](C)C(=O)[C@H](C)[C@@H](O[C@@H]2O[C@H](C)C[C@H](N(C)C)[C@@H]2O)[C@](C)(OC)C[C@@H](C)C(=O)[C@H](C)[C@H]2N(CCCCn3cnc(-c4cccnc4)c3)C(=O)O[C@]12C. The molecule has 0 radical (unpaired) electrons. The molecule has 13 atom stereocenters. The summed E-state index contributed by atoms with van der Waals surface area (Å²) < 4.78 is 33.2. The molecule has 0 saturated carbocycles. The number of carbonyl (C=O) groups is 4. The molecule has 15 nitrogen and oxygen atoms in total. The lowest BCUT2D eigenvalue weighted by molar-refractivity contribution is -0.295. The first-order valence-corrected chi connectivity index (χ1v) is 20.8. The van der Waals surface area contributed by atoms with Gasteiger partial charge in [-0.25, -0.2) is 9.78 Å². The van der Waals surface area contributed by atoms with Gasteiger partial charge in [0, 0.05) is 68.1 Å². The minimum Gasteiger partial charge on any atom is -0.458 e. The van der Waals surface area contributed by atoms with Gasteiger partial charge >= 0.3 is 12.1 Å². The zero-order valence-electron chi connectivity index (χ0n) is 36.1. The maximum Gasteiger partial charge on any atom is 0.410 e. The fraction of sp³-hybridized carbons (Fsp3) is 0.721. The van der Waals surface area contributed by atoms with Crippen LogP contribution in [0.2, 0.25) is 0 Å². The van der Waals surface area contributed by atoms with Gasteiger partial charge in [0.1, 0.15) is 23.9 Å². The van der Waals surface area contributed by atoms with Crippen LogP contribution in [-0.2, 0) is 44.6 Å². The normalized spacial score (nSPS) is 36.7. The van der Waals surface area contributed by atoms with Gasteiger partial charge in [-0.3, -0.25) is 19.4 Å². The number of hydrogen-bond donors (Lipinski definition) is 1. The van der Waals surface area contributed by atoms with Crippen LogP contribution in [0.4, 0.5) is 4.79 Å². The third-order valence-electron chi connectivity index (χ3n) is 12.8. The number of ether oxygens (including phenoxy) is 5. The quantitative estimate of drug-likeness (QED) is 0.184. The Morgan fingerprint density at radius 3 is 2.36 bits per heavy atom. The van der Waals surface area contributed by atoms with Crippen LogP contribution in [0, 0.1) is 23.7 Å². The second kappa shape index (κ2) is 18.7. The van der Waals surface area contributed by atoms with Crippen molar-refractivity contribution in [3.8, 4) is 11.3 Å². The lowest BCUT2D eigenvalue weighted by Crippen LogP contribution is -2.60. The fourth-order valence-electron chi connectivity index (χ4n) is 9.43. The largest absolute Gasteiger partial charge is 0.458 e. The monoisotopic (exact) mass is 811 g/mol. The number of nitrogens with zero attached hydrogens (tertiary/aromatic N) is 5. The first kappa shape index (κ1) is 45.3. The molecule has 1 amide bonds. The van der Waals surface area contributed by atoms with E-state index in [0.29, 0.717) is 32.4 Å². The average Bonchev–Trinajstić information content (AvgIpc) is 3.78. The molecule has 0 bridgehead atoms. The Bertz CT molecular complexity index is 1740. The third kappa shape index (κ3) is 9.33. The van der Waals surface area contributed by atoms with Gasteiger partial charge in [-0.2, -0.15) is 0 Å². The van der Waals surface area contributed by atoms with E-state index in [-0.39, 0.29) is 30.8 Å². The van der Waals surface area contributed by atoms with Crippen molar-refractivity contribution in [2.24, 2.45) is 23.7 Å². The average molecular weight is 812 g/mol. The Hall–Kier alpha value is -3.76. The number of aromatic nitrogens is 3. The number of pyridine rings is 1. The smallest absolute Gasteiger partial charge is 0.410 e. The van der Waals surface area contributed by atoms with Gasteiger partial charge in [0.05, 0.1) is 35.9 Å². The number of aliphatic hydroxyl groups excluding tert-OH is 1. The Kier molecular flexibility index (Phi) is 14.6. The number of rotatable bonds is 11. The molecule has 2 aromatic rings. The van der Waals surface area contributed by atoms with Gasteiger partial charge in [0.25, 0.3) is 0 Å². The molecule has 1 N–H and O–H groups in total. The molecule has 15 heteroatoms. The van der Waals surface area contributed by atoms with E-state index in [2.05, 4.69) is 9.97 Å². The van der Waals surface area contributed by atoms with Crippen LogP contribution in [0.15, 0.2) is 37.1 Å². The number of unbranched alkanes of at least 4 members (excludes halogenated alkanes) is 1. The van der Waals surface area contributed by atoms with Gasteiger partial charge < -0.3 is 43.2 Å². The zero-order valence-corrected chi connectivity index (χ0v) is 36.1. The van der Waals surface area contributed by atoms with E-state index in [0.717, 1.165) is 11.3 Å². The van der Waals surface area contributed by atoms with Crippen molar-refractivity contribution in [2.45, 2.75) is 148 Å². The van der Waals surface area contributed by atoms with Gasteiger partial charge in [0.2, 0.25) is 0 Å². The highest BCUT2D eigenvalue weighted by atomic mass is 16.7. The Morgan fingerprint density at radius 1 is 1.02 bits per heavy atom. The zero-order chi connectivity index (χ0) is 42.7. The van der Waals surface area contributed by atoms with Crippen LogP contribution >= 0.6 is 0 Å². The number of likely N-dealkylation sites (N-methyl/N-ethyl adjacent to an activating group) is 1. The predicted octanol–water partition coefficient (Wildman–Crippen LogP) is 4.93. The lowest BCUT2D eigenvalue weighted by atomic mass is 9.73. The first-order valence-electron chi connectivity index (χ1n) is 20.8. The number of esters is 1. The Balaban J connectivity index is 1.43. The van der Waals surface area contributed by atoms with E-state index in [1.807, 2.05) is 62.7 Å². The second-order valence-corrected chi connectivity index (χ2v) is 17.3. The summed E-state index contributed by atoms with van der Waals surface area (Å²) >= 11 is 0.